The van der Waals surface area contributed by atoms with E-state index < -0.39 is 0 Å². The predicted octanol–water partition coefficient (Wildman–Crippen LogP) is 3.02. The van der Waals surface area contributed by atoms with E-state index in [1.54, 1.807) is 0 Å². The van der Waals surface area contributed by atoms with Crippen molar-refractivity contribution in [2.45, 2.75) is 53.9 Å². The molecule has 0 rings (SSSR count). The SMILES string of the molecule is CC(CCN)CCCNCC(C)C(C)(C)C. The Hall–Kier alpha value is -0.0800. The first kappa shape index (κ1) is 15.9. The van der Waals surface area contributed by atoms with Crippen molar-refractivity contribution in [2.75, 3.05) is 19.6 Å². The average Bonchev–Trinajstić information content (AvgIpc) is 2.16. The maximum atomic E-state index is 5.53. The number of rotatable bonds is 8. The van der Waals surface area contributed by atoms with Crippen molar-refractivity contribution in [3.8, 4) is 0 Å². The summed E-state index contributed by atoms with van der Waals surface area (Å²) in [7, 11) is 0. The molecule has 0 aliphatic carbocycles. The van der Waals surface area contributed by atoms with Gasteiger partial charge in [0.1, 0.15) is 0 Å². The van der Waals surface area contributed by atoms with Crippen LogP contribution in [0.25, 0.3) is 0 Å². The van der Waals surface area contributed by atoms with Gasteiger partial charge in [-0.15, -0.1) is 0 Å². The predicted molar refractivity (Wildman–Crippen MR) is 73.6 cm³/mol. The third-order valence-electron chi connectivity index (χ3n) is 3.64. The molecule has 3 N–H and O–H groups in total. The van der Waals surface area contributed by atoms with Gasteiger partial charge in [-0.1, -0.05) is 34.6 Å². The summed E-state index contributed by atoms with van der Waals surface area (Å²) in [6.45, 7) is 14.7. The summed E-state index contributed by atoms with van der Waals surface area (Å²) >= 11 is 0. The van der Waals surface area contributed by atoms with E-state index in [1.807, 2.05) is 0 Å². The molecule has 0 saturated heterocycles. The molecule has 0 radical (unpaired) electrons. The van der Waals surface area contributed by atoms with E-state index in [-0.39, 0.29) is 0 Å². The highest BCUT2D eigenvalue weighted by Crippen LogP contribution is 2.24. The minimum absolute atomic E-state index is 0.417. The zero-order valence-corrected chi connectivity index (χ0v) is 12.0. The molecular formula is C14H32N2. The van der Waals surface area contributed by atoms with Crippen LogP contribution in [0.5, 0.6) is 0 Å². The van der Waals surface area contributed by atoms with E-state index in [0.29, 0.717) is 5.41 Å². The minimum atomic E-state index is 0.417. The lowest BCUT2D eigenvalue weighted by molar-refractivity contribution is 0.252. The smallest absolute Gasteiger partial charge is 0.00182 e. The maximum Gasteiger partial charge on any atom is -0.00182 e. The third kappa shape index (κ3) is 8.12. The molecule has 0 fully saturated rings. The Bertz CT molecular complexity index is 161. The fraction of sp³-hybridized carbons (Fsp3) is 1.00. The van der Waals surface area contributed by atoms with Crippen LogP contribution in [-0.2, 0) is 0 Å². The van der Waals surface area contributed by atoms with Crippen molar-refractivity contribution < 1.29 is 0 Å². The second kappa shape index (κ2) is 8.08. The molecule has 0 aromatic heterocycles. The highest BCUT2D eigenvalue weighted by molar-refractivity contribution is 4.71. The van der Waals surface area contributed by atoms with Gasteiger partial charge < -0.3 is 11.1 Å². The molecule has 16 heavy (non-hydrogen) atoms. The van der Waals surface area contributed by atoms with Gasteiger partial charge in [-0.25, -0.2) is 0 Å². The zero-order chi connectivity index (χ0) is 12.6. The van der Waals surface area contributed by atoms with Crippen LogP contribution in [0.15, 0.2) is 0 Å². The summed E-state index contributed by atoms with van der Waals surface area (Å²) in [5, 5.41) is 3.56. The fourth-order valence-corrected chi connectivity index (χ4v) is 1.63. The van der Waals surface area contributed by atoms with Crippen molar-refractivity contribution in [3.05, 3.63) is 0 Å². The zero-order valence-electron chi connectivity index (χ0n) is 12.0. The van der Waals surface area contributed by atoms with Gasteiger partial charge in [0, 0.05) is 0 Å². The Labute approximate surface area is 102 Å². The molecular weight excluding hydrogens is 196 g/mol. The van der Waals surface area contributed by atoms with Crippen LogP contribution < -0.4 is 11.1 Å². The fourth-order valence-electron chi connectivity index (χ4n) is 1.63. The maximum absolute atomic E-state index is 5.53. The quantitative estimate of drug-likeness (QED) is 0.627. The summed E-state index contributed by atoms with van der Waals surface area (Å²) in [4.78, 5) is 0. The Kier molecular flexibility index (Phi) is 8.04. The van der Waals surface area contributed by atoms with E-state index in [1.165, 1.54) is 19.3 Å². The number of hydrogen-bond donors (Lipinski definition) is 2. The molecule has 2 heteroatoms. The van der Waals surface area contributed by atoms with Crippen LogP contribution in [0.2, 0.25) is 0 Å². The van der Waals surface area contributed by atoms with E-state index in [9.17, 15) is 0 Å². The molecule has 0 saturated carbocycles. The second-order valence-corrected chi connectivity index (χ2v) is 6.30. The Morgan fingerprint density at radius 2 is 1.75 bits per heavy atom. The summed E-state index contributed by atoms with van der Waals surface area (Å²) in [6, 6.07) is 0. The normalized spacial score (nSPS) is 16.1. The van der Waals surface area contributed by atoms with E-state index in [4.69, 9.17) is 5.73 Å². The van der Waals surface area contributed by atoms with E-state index in [0.717, 1.165) is 31.5 Å². The van der Waals surface area contributed by atoms with Crippen molar-refractivity contribution in [2.24, 2.45) is 23.0 Å². The van der Waals surface area contributed by atoms with Crippen LogP contribution >= 0.6 is 0 Å². The lowest BCUT2D eigenvalue weighted by Crippen LogP contribution is -2.30. The van der Waals surface area contributed by atoms with Gasteiger partial charge in [0.15, 0.2) is 0 Å². The summed E-state index contributed by atoms with van der Waals surface area (Å²) in [6.07, 6.45) is 3.74. The Morgan fingerprint density at radius 1 is 1.12 bits per heavy atom. The molecule has 98 valence electrons. The van der Waals surface area contributed by atoms with Crippen LogP contribution in [0.3, 0.4) is 0 Å². The first-order valence-corrected chi connectivity index (χ1v) is 6.78. The number of nitrogens with two attached hydrogens (primary N) is 1. The summed E-state index contributed by atoms with van der Waals surface area (Å²) < 4.78 is 0. The second-order valence-electron chi connectivity index (χ2n) is 6.30. The third-order valence-corrected chi connectivity index (χ3v) is 3.64. The van der Waals surface area contributed by atoms with Gasteiger partial charge in [0.05, 0.1) is 0 Å². The van der Waals surface area contributed by atoms with Gasteiger partial charge in [0.25, 0.3) is 0 Å². The highest BCUT2D eigenvalue weighted by atomic mass is 14.9. The molecule has 2 nitrogen and oxygen atoms in total. The van der Waals surface area contributed by atoms with E-state index in [2.05, 4.69) is 39.9 Å². The topological polar surface area (TPSA) is 38.0 Å². The first-order valence-electron chi connectivity index (χ1n) is 6.78. The molecule has 0 heterocycles. The van der Waals surface area contributed by atoms with Gasteiger partial charge in [-0.05, 0) is 56.1 Å². The molecule has 0 bridgehead atoms. The average molecular weight is 228 g/mol. The molecule has 0 aliphatic heterocycles. The van der Waals surface area contributed by atoms with Crippen LogP contribution in [0.4, 0.5) is 0 Å². The van der Waals surface area contributed by atoms with Crippen LogP contribution in [0.1, 0.15) is 53.9 Å². The standard InChI is InChI=1S/C14H32N2/c1-12(8-9-15)7-6-10-16-11-13(2)14(3,4)5/h12-13,16H,6-11,15H2,1-5H3. The number of hydrogen-bond acceptors (Lipinski definition) is 2. The summed E-state index contributed by atoms with van der Waals surface area (Å²) in [5.74, 6) is 1.51. The van der Waals surface area contributed by atoms with Crippen molar-refractivity contribution >= 4 is 0 Å². The molecule has 0 aromatic carbocycles. The lowest BCUT2D eigenvalue weighted by Gasteiger charge is -2.27. The molecule has 0 aromatic rings. The first-order chi connectivity index (χ1) is 7.38. The molecule has 2 unspecified atom stereocenters. The molecule has 2 atom stereocenters. The Balaban J connectivity index is 3.40. The van der Waals surface area contributed by atoms with Crippen molar-refractivity contribution in [1.29, 1.82) is 0 Å². The van der Waals surface area contributed by atoms with Crippen molar-refractivity contribution in [1.82, 2.24) is 5.32 Å². The van der Waals surface area contributed by atoms with Crippen molar-refractivity contribution in [3.63, 3.8) is 0 Å². The molecule has 0 spiro atoms. The molecule has 0 amide bonds. The minimum Gasteiger partial charge on any atom is -0.330 e. The molecule has 0 aliphatic rings. The van der Waals surface area contributed by atoms with E-state index >= 15 is 0 Å². The summed E-state index contributed by atoms with van der Waals surface area (Å²) in [5.41, 5.74) is 5.95. The van der Waals surface area contributed by atoms with Gasteiger partial charge in [-0.3, -0.25) is 0 Å². The Morgan fingerprint density at radius 3 is 2.25 bits per heavy atom. The van der Waals surface area contributed by atoms with Gasteiger partial charge in [0.2, 0.25) is 0 Å². The largest absolute Gasteiger partial charge is 0.330 e. The van der Waals surface area contributed by atoms with Gasteiger partial charge in [-0.2, -0.15) is 0 Å². The monoisotopic (exact) mass is 228 g/mol. The number of nitrogens with one attached hydrogen (secondary N) is 1. The van der Waals surface area contributed by atoms with Crippen LogP contribution in [0, 0.1) is 17.3 Å². The highest BCUT2D eigenvalue weighted by Gasteiger charge is 2.18. The van der Waals surface area contributed by atoms with Crippen LogP contribution in [-0.4, -0.2) is 19.6 Å². The lowest BCUT2D eigenvalue weighted by atomic mass is 9.82. The van der Waals surface area contributed by atoms with Gasteiger partial charge >= 0.3 is 0 Å².